The molecular formula is C23H33N3O2. The summed E-state index contributed by atoms with van der Waals surface area (Å²) in [5, 5.41) is 3.88. The van der Waals surface area contributed by atoms with Gasteiger partial charge in [0, 0.05) is 40.0 Å². The van der Waals surface area contributed by atoms with Crippen molar-refractivity contribution in [3.63, 3.8) is 0 Å². The van der Waals surface area contributed by atoms with Gasteiger partial charge >= 0.3 is 0 Å². The first-order valence-corrected chi connectivity index (χ1v) is 10.0. The fourth-order valence-electron chi connectivity index (χ4n) is 2.98. The Morgan fingerprint density at radius 3 is 2.29 bits per heavy atom. The van der Waals surface area contributed by atoms with E-state index in [0.717, 1.165) is 33.5 Å². The molecule has 1 aliphatic rings. The van der Waals surface area contributed by atoms with E-state index in [1.807, 2.05) is 77.9 Å². The molecule has 3 aromatic rings. The third kappa shape index (κ3) is 4.47. The molecule has 0 radical (unpaired) electrons. The van der Waals surface area contributed by atoms with E-state index in [2.05, 4.69) is 10.3 Å². The number of aromatic nitrogens is 1. The van der Waals surface area contributed by atoms with E-state index in [0.29, 0.717) is 17.8 Å². The highest BCUT2D eigenvalue weighted by atomic mass is 16.5. The van der Waals surface area contributed by atoms with Crippen LogP contribution in [0.1, 0.15) is 57.5 Å². The number of amides is 1. The van der Waals surface area contributed by atoms with Gasteiger partial charge in [0.1, 0.15) is 5.75 Å². The summed E-state index contributed by atoms with van der Waals surface area (Å²) >= 11 is 0. The number of rotatable bonds is 2. The monoisotopic (exact) mass is 383 g/mol. The van der Waals surface area contributed by atoms with Crippen LogP contribution in [-0.4, -0.2) is 18.0 Å². The van der Waals surface area contributed by atoms with Crippen molar-refractivity contribution in [3.8, 4) is 17.0 Å². The zero-order valence-electron chi connectivity index (χ0n) is 18.1. The van der Waals surface area contributed by atoms with Crippen LogP contribution in [0.5, 0.6) is 5.75 Å². The number of carbonyl (C=O) groups excluding carboxylic acids is 1. The van der Waals surface area contributed by atoms with Crippen molar-refractivity contribution in [1.29, 1.82) is 0 Å². The van der Waals surface area contributed by atoms with Gasteiger partial charge in [-0.1, -0.05) is 47.6 Å². The first kappa shape index (κ1) is 23.1. The summed E-state index contributed by atoms with van der Waals surface area (Å²) < 4.78 is 5.25. The van der Waals surface area contributed by atoms with Crippen LogP contribution in [0.25, 0.3) is 22.2 Å². The van der Waals surface area contributed by atoms with Crippen molar-refractivity contribution in [1.82, 2.24) is 10.3 Å². The molecule has 152 valence electrons. The Labute approximate surface area is 168 Å². The van der Waals surface area contributed by atoms with E-state index in [9.17, 15) is 4.79 Å². The number of hydrogen-bond donors (Lipinski definition) is 3. The van der Waals surface area contributed by atoms with Gasteiger partial charge in [0.05, 0.1) is 12.7 Å². The van der Waals surface area contributed by atoms with E-state index in [-0.39, 0.29) is 5.91 Å². The second-order valence-electron chi connectivity index (χ2n) is 5.37. The Morgan fingerprint density at radius 2 is 1.64 bits per heavy atom. The first-order chi connectivity index (χ1) is 13.7. The fraction of sp³-hybridized carbons (Fsp3) is 0.348. The number of anilines is 1. The second kappa shape index (κ2) is 11.0. The average molecular weight is 384 g/mol. The molecule has 4 rings (SSSR count). The van der Waals surface area contributed by atoms with Crippen molar-refractivity contribution in [2.75, 3.05) is 12.8 Å². The summed E-state index contributed by atoms with van der Waals surface area (Å²) in [6.45, 7) is 12.5. The lowest BCUT2D eigenvalue weighted by molar-refractivity contribution is 0.0966. The van der Waals surface area contributed by atoms with Crippen LogP contribution >= 0.6 is 0 Å². The molecule has 5 nitrogen and oxygen atoms in total. The Balaban J connectivity index is 0.000000599. The smallest absolute Gasteiger partial charge is 0.252 e. The minimum Gasteiger partial charge on any atom is -0.497 e. The van der Waals surface area contributed by atoms with Gasteiger partial charge in [-0.05, 0) is 30.3 Å². The molecule has 0 fully saturated rings. The molecule has 0 atom stereocenters. The normalized spacial score (nSPS) is 11.0. The average Bonchev–Trinajstić information content (AvgIpc) is 3.37. The lowest BCUT2D eigenvalue weighted by Crippen LogP contribution is -2.13. The maximum Gasteiger partial charge on any atom is 0.252 e. The molecule has 0 unspecified atom stereocenters. The summed E-state index contributed by atoms with van der Waals surface area (Å²) in [5.74, 6) is 0.729. The summed E-state index contributed by atoms with van der Waals surface area (Å²) in [5.41, 5.74) is 10.9. The predicted molar refractivity (Wildman–Crippen MR) is 120 cm³/mol. The Bertz CT molecular complexity index is 914. The molecule has 2 heterocycles. The lowest BCUT2D eigenvalue weighted by atomic mass is 9.99. The van der Waals surface area contributed by atoms with Gasteiger partial charge in [0.15, 0.2) is 0 Å². The Kier molecular flexibility index (Phi) is 9.09. The van der Waals surface area contributed by atoms with Crippen molar-refractivity contribution >= 4 is 22.5 Å². The van der Waals surface area contributed by atoms with Gasteiger partial charge in [-0.25, -0.2) is 0 Å². The van der Waals surface area contributed by atoms with Crippen LogP contribution in [0, 0.1) is 0 Å². The number of benzene rings is 2. The summed E-state index contributed by atoms with van der Waals surface area (Å²) in [7, 11) is 1.64. The van der Waals surface area contributed by atoms with E-state index >= 15 is 0 Å². The van der Waals surface area contributed by atoms with Gasteiger partial charge in [-0.3, -0.25) is 4.79 Å². The van der Waals surface area contributed by atoms with E-state index < -0.39 is 0 Å². The number of carbonyl (C=O) groups is 1. The highest BCUT2D eigenvalue weighted by molar-refractivity contribution is 6.06. The van der Waals surface area contributed by atoms with Crippen molar-refractivity contribution in [3.05, 3.63) is 47.5 Å². The molecule has 0 saturated carbocycles. The zero-order valence-corrected chi connectivity index (χ0v) is 18.1. The van der Waals surface area contributed by atoms with E-state index in [1.165, 1.54) is 0 Å². The molecule has 0 aliphatic carbocycles. The Morgan fingerprint density at radius 1 is 0.964 bits per heavy atom. The molecule has 0 bridgehead atoms. The van der Waals surface area contributed by atoms with Crippen LogP contribution in [0.2, 0.25) is 0 Å². The second-order valence-corrected chi connectivity index (χ2v) is 5.37. The Hall–Kier alpha value is -2.95. The number of ether oxygens (including phenoxy) is 1. The third-order valence-corrected chi connectivity index (χ3v) is 4.12. The summed E-state index contributed by atoms with van der Waals surface area (Å²) in [6, 6.07) is 11.6. The van der Waals surface area contributed by atoms with Gasteiger partial charge in [0.2, 0.25) is 0 Å². The number of nitrogen functional groups attached to an aromatic ring is 1. The number of hydrogen-bond acceptors (Lipinski definition) is 3. The molecule has 1 amide bonds. The maximum atomic E-state index is 12.1. The molecule has 4 N–H and O–H groups in total. The molecule has 0 saturated heterocycles. The van der Waals surface area contributed by atoms with Crippen molar-refractivity contribution in [2.45, 2.75) is 48.1 Å². The molecule has 1 aromatic heterocycles. The van der Waals surface area contributed by atoms with Gasteiger partial charge in [0.25, 0.3) is 5.91 Å². The van der Waals surface area contributed by atoms with E-state index in [1.54, 1.807) is 7.11 Å². The van der Waals surface area contributed by atoms with Crippen LogP contribution in [0.4, 0.5) is 5.69 Å². The minimum atomic E-state index is -0.0754. The number of nitrogens with one attached hydrogen (secondary N) is 2. The van der Waals surface area contributed by atoms with Gasteiger partial charge < -0.3 is 20.8 Å². The van der Waals surface area contributed by atoms with Gasteiger partial charge in [-0.15, -0.1) is 0 Å². The van der Waals surface area contributed by atoms with Gasteiger partial charge in [-0.2, -0.15) is 0 Å². The first-order valence-electron chi connectivity index (χ1n) is 10.0. The predicted octanol–water partition coefficient (Wildman–Crippen LogP) is 5.75. The molecule has 1 aliphatic heterocycles. The maximum absolute atomic E-state index is 12.1. The third-order valence-electron chi connectivity index (χ3n) is 4.12. The minimum absolute atomic E-state index is 0.0754. The number of aromatic amines is 1. The zero-order chi connectivity index (χ0) is 21.3. The number of nitrogens with two attached hydrogens (primary N) is 1. The molecule has 5 heteroatoms. The SMILES string of the molecule is CC.CC.CC.COc1ccc2[nH]c(-c3ccc(N)c4c3C(=O)NC4)cc2c1. The van der Waals surface area contributed by atoms with Crippen molar-refractivity contribution < 1.29 is 9.53 Å². The highest BCUT2D eigenvalue weighted by Crippen LogP contribution is 2.34. The van der Waals surface area contributed by atoms with Crippen LogP contribution in [0.3, 0.4) is 0 Å². The largest absolute Gasteiger partial charge is 0.497 e. The molecule has 28 heavy (non-hydrogen) atoms. The highest BCUT2D eigenvalue weighted by Gasteiger charge is 2.25. The number of methoxy groups -OCH3 is 1. The van der Waals surface area contributed by atoms with Crippen LogP contribution in [0.15, 0.2) is 36.4 Å². The summed E-state index contributed by atoms with van der Waals surface area (Å²) in [4.78, 5) is 15.5. The van der Waals surface area contributed by atoms with Crippen LogP contribution < -0.4 is 15.8 Å². The van der Waals surface area contributed by atoms with Crippen LogP contribution in [-0.2, 0) is 6.54 Å². The fourth-order valence-corrected chi connectivity index (χ4v) is 2.98. The molecule has 2 aromatic carbocycles. The standard InChI is InChI=1S/C17H15N3O2.3C2H6/c1-22-10-2-5-14-9(6-10)7-15(20-14)11-3-4-13(18)12-8-19-17(21)16(11)12;3*1-2/h2-7,20H,8,18H2,1H3,(H,19,21);3*1-2H3. The quantitative estimate of drug-likeness (QED) is 0.493. The molecular weight excluding hydrogens is 350 g/mol. The molecule has 0 spiro atoms. The lowest BCUT2D eigenvalue weighted by Gasteiger charge is -2.07. The summed E-state index contributed by atoms with van der Waals surface area (Å²) in [6.07, 6.45) is 0. The topological polar surface area (TPSA) is 80.1 Å². The number of fused-ring (bicyclic) bond motifs is 2. The number of H-pyrrole nitrogens is 1. The van der Waals surface area contributed by atoms with E-state index in [4.69, 9.17) is 10.5 Å². The van der Waals surface area contributed by atoms with Crippen molar-refractivity contribution in [2.24, 2.45) is 0 Å².